The van der Waals surface area contributed by atoms with Crippen LogP contribution < -0.4 is 5.32 Å². The van der Waals surface area contributed by atoms with E-state index in [1.54, 1.807) is 6.07 Å². The van der Waals surface area contributed by atoms with Crippen molar-refractivity contribution >= 4 is 5.97 Å². The van der Waals surface area contributed by atoms with Gasteiger partial charge in [-0.25, -0.2) is 4.79 Å². The van der Waals surface area contributed by atoms with E-state index < -0.39 is 5.97 Å². The van der Waals surface area contributed by atoms with Gasteiger partial charge in [-0.15, -0.1) is 0 Å². The minimum Gasteiger partial charge on any atom is -0.475 e. The monoisotopic (exact) mass is 273 g/mol. The smallest absolute Gasteiger partial charge is 0.371 e. The van der Waals surface area contributed by atoms with E-state index in [1.165, 1.54) is 11.6 Å². The van der Waals surface area contributed by atoms with Crippen LogP contribution in [0.25, 0.3) is 0 Å². The summed E-state index contributed by atoms with van der Waals surface area (Å²) in [6.07, 6.45) is 2.10. The number of furan rings is 1. The molecule has 1 atom stereocenters. The van der Waals surface area contributed by atoms with Gasteiger partial charge in [-0.1, -0.05) is 43.7 Å². The summed E-state index contributed by atoms with van der Waals surface area (Å²) in [7, 11) is 0. The predicted octanol–water partition coefficient (Wildman–Crippen LogP) is 3.61. The first-order chi connectivity index (χ1) is 9.70. The molecule has 1 heterocycles. The lowest BCUT2D eigenvalue weighted by Crippen LogP contribution is -2.20. The molecule has 4 heteroatoms. The number of aromatic carboxylic acids is 1. The Labute approximate surface area is 118 Å². The molecule has 0 amide bonds. The summed E-state index contributed by atoms with van der Waals surface area (Å²) >= 11 is 0. The number of hydrogen-bond donors (Lipinski definition) is 2. The summed E-state index contributed by atoms with van der Waals surface area (Å²) in [4.78, 5) is 10.8. The number of rotatable bonds is 7. The predicted molar refractivity (Wildman–Crippen MR) is 76.6 cm³/mol. The van der Waals surface area contributed by atoms with Crippen LogP contribution >= 0.6 is 0 Å². The maximum Gasteiger partial charge on any atom is 0.371 e. The van der Waals surface area contributed by atoms with E-state index in [0.29, 0.717) is 12.3 Å². The highest BCUT2D eigenvalue weighted by Crippen LogP contribution is 2.19. The Bertz CT molecular complexity index is 548. The van der Waals surface area contributed by atoms with Crippen molar-refractivity contribution in [3.8, 4) is 0 Å². The Morgan fingerprint density at radius 1 is 1.25 bits per heavy atom. The van der Waals surface area contributed by atoms with E-state index in [-0.39, 0.29) is 11.8 Å². The first-order valence-corrected chi connectivity index (χ1v) is 6.81. The Morgan fingerprint density at radius 2 is 2.00 bits per heavy atom. The van der Waals surface area contributed by atoms with Gasteiger partial charge in [-0.05, 0) is 24.1 Å². The summed E-state index contributed by atoms with van der Waals surface area (Å²) in [6, 6.07) is 13.7. The molecule has 20 heavy (non-hydrogen) atoms. The van der Waals surface area contributed by atoms with E-state index in [0.717, 1.165) is 12.8 Å². The molecule has 2 aromatic rings. The topological polar surface area (TPSA) is 62.5 Å². The minimum absolute atomic E-state index is 0.0199. The average Bonchev–Trinajstić information content (AvgIpc) is 2.93. The summed E-state index contributed by atoms with van der Waals surface area (Å²) in [5, 5.41) is 12.2. The van der Waals surface area contributed by atoms with Crippen LogP contribution in [0.3, 0.4) is 0 Å². The first-order valence-electron chi connectivity index (χ1n) is 6.81. The summed E-state index contributed by atoms with van der Waals surface area (Å²) in [5.74, 6) is -0.419. The van der Waals surface area contributed by atoms with Gasteiger partial charge in [0.25, 0.3) is 0 Å². The van der Waals surface area contributed by atoms with E-state index >= 15 is 0 Å². The molecule has 0 spiro atoms. The third kappa shape index (κ3) is 3.71. The Morgan fingerprint density at radius 3 is 2.60 bits per heavy atom. The van der Waals surface area contributed by atoms with Crippen molar-refractivity contribution in [3.63, 3.8) is 0 Å². The van der Waals surface area contributed by atoms with Crippen LogP contribution in [-0.4, -0.2) is 11.1 Å². The molecule has 0 saturated heterocycles. The summed E-state index contributed by atoms with van der Waals surface area (Å²) < 4.78 is 5.25. The number of carboxylic acids is 1. The van der Waals surface area contributed by atoms with Crippen LogP contribution in [0, 0.1) is 0 Å². The number of benzene rings is 1. The van der Waals surface area contributed by atoms with E-state index in [1.807, 2.05) is 18.2 Å². The molecule has 0 aliphatic heterocycles. The molecule has 0 radical (unpaired) electrons. The van der Waals surface area contributed by atoms with E-state index in [9.17, 15) is 4.79 Å². The normalized spacial score (nSPS) is 12.2. The third-order valence-electron chi connectivity index (χ3n) is 3.17. The number of nitrogens with one attached hydrogen (secondary N) is 1. The second kappa shape index (κ2) is 6.91. The molecule has 0 saturated carbocycles. The molecular weight excluding hydrogens is 254 g/mol. The fourth-order valence-electron chi connectivity index (χ4n) is 2.17. The highest BCUT2D eigenvalue weighted by molar-refractivity contribution is 5.84. The number of hydrogen-bond acceptors (Lipinski definition) is 3. The van der Waals surface area contributed by atoms with Crippen LogP contribution in [0.15, 0.2) is 46.9 Å². The van der Waals surface area contributed by atoms with Crippen LogP contribution in [-0.2, 0) is 6.54 Å². The highest BCUT2D eigenvalue weighted by atomic mass is 16.4. The standard InChI is InChI=1S/C16H19NO3/c1-2-6-14(12-7-4-3-5-8-12)17-11-13-9-10-15(20-13)16(18)19/h3-5,7-10,14,17H,2,6,11H2,1H3,(H,18,19). The molecule has 1 unspecified atom stereocenters. The maximum absolute atomic E-state index is 10.8. The molecule has 2 rings (SSSR count). The van der Waals surface area contributed by atoms with Gasteiger partial charge in [-0.2, -0.15) is 0 Å². The quantitative estimate of drug-likeness (QED) is 0.809. The number of carbonyl (C=O) groups is 1. The van der Waals surface area contributed by atoms with Crippen LogP contribution in [0.4, 0.5) is 0 Å². The second-order valence-electron chi connectivity index (χ2n) is 4.70. The minimum atomic E-state index is -1.04. The fourth-order valence-corrected chi connectivity index (χ4v) is 2.17. The van der Waals surface area contributed by atoms with Crippen LogP contribution in [0.5, 0.6) is 0 Å². The van der Waals surface area contributed by atoms with Gasteiger partial charge in [0.15, 0.2) is 0 Å². The zero-order chi connectivity index (χ0) is 14.4. The Kier molecular flexibility index (Phi) is 4.96. The highest BCUT2D eigenvalue weighted by Gasteiger charge is 2.12. The van der Waals surface area contributed by atoms with Crippen LogP contribution in [0.2, 0.25) is 0 Å². The second-order valence-corrected chi connectivity index (χ2v) is 4.70. The third-order valence-corrected chi connectivity index (χ3v) is 3.17. The van der Waals surface area contributed by atoms with Crippen molar-refractivity contribution in [2.45, 2.75) is 32.4 Å². The van der Waals surface area contributed by atoms with Gasteiger partial charge in [-0.3, -0.25) is 0 Å². The maximum atomic E-state index is 10.8. The summed E-state index contributed by atoms with van der Waals surface area (Å²) in [6.45, 7) is 2.67. The molecular formula is C16H19NO3. The van der Waals surface area contributed by atoms with Crippen molar-refractivity contribution in [3.05, 3.63) is 59.5 Å². The van der Waals surface area contributed by atoms with E-state index in [4.69, 9.17) is 9.52 Å². The van der Waals surface area contributed by atoms with Crippen molar-refractivity contribution in [1.29, 1.82) is 0 Å². The van der Waals surface area contributed by atoms with Crippen molar-refractivity contribution in [2.75, 3.05) is 0 Å². The fraction of sp³-hybridized carbons (Fsp3) is 0.312. The van der Waals surface area contributed by atoms with Crippen LogP contribution in [0.1, 0.15) is 47.7 Å². The molecule has 4 nitrogen and oxygen atoms in total. The lowest BCUT2D eigenvalue weighted by molar-refractivity contribution is 0.0660. The largest absolute Gasteiger partial charge is 0.475 e. The lowest BCUT2D eigenvalue weighted by Gasteiger charge is -2.17. The van der Waals surface area contributed by atoms with Gasteiger partial charge in [0.1, 0.15) is 5.76 Å². The first kappa shape index (κ1) is 14.3. The molecule has 0 aliphatic rings. The van der Waals surface area contributed by atoms with Crippen molar-refractivity contribution < 1.29 is 14.3 Å². The molecule has 0 fully saturated rings. The van der Waals surface area contributed by atoms with Gasteiger partial charge in [0, 0.05) is 6.04 Å². The lowest BCUT2D eigenvalue weighted by atomic mass is 10.0. The zero-order valence-electron chi connectivity index (χ0n) is 11.5. The van der Waals surface area contributed by atoms with Gasteiger partial charge in [0.05, 0.1) is 6.54 Å². The van der Waals surface area contributed by atoms with Crippen molar-refractivity contribution in [2.24, 2.45) is 0 Å². The molecule has 0 aliphatic carbocycles. The van der Waals surface area contributed by atoms with Gasteiger partial charge in [0.2, 0.25) is 5.76 Å². The Balaban J connectivity index is 2.00. The SMILES string of the molecule is CCCC(NCc1ccc(C(=O)O)o1)c1ccccc1. The molecule has 106 valence electrons. The van der Waals surface area contributed by atoms with Crippen molar-refractivity contribution in [1.82, 2.24) is 5.32 Å². The number of carboxylic acid groups (broad SMARTS) is 1. The molecule has 0 bridgehead atoms. The van der Waals surface area contributed by atoms with Gasteiger partial charge < -0.3 is 14.8 Å². The average molecular weight is 273 g/mol. The zero-order valence-corrected chi connectivity index (χ0v) is 11.5. The molecule has 1 aromatic carbocycles. The summed E-state index contributed by atoms with van der Waals surface area (Å²) in [5.41, 5.74) is 1.24. The Hall–Kier alpha value is -2.07. The van der Waals surface area contributed by atoms with Gasteiger partial charge >= 0.3 is 5.97 Å². The van der Waals surface area contributed by atoms with E-state index in [2.05, 4.69) is 24.4 Å². The molecule has 1 aromatic heterocycles. The molecule has 2 N–H and O–H groups in total.